The van der Waals surface area contributed by atoms with Crippen molar-refractivity contribution in [1.82, 2.24) is 4.90 Å². The van der Waals surface area contributed by atoms with Gasteiger partial charge in [0.1, 0.15) is 0 Å². The zero-order valence-electron chi connectivity index (χ0n) is 9.45. The molecule has 0 saturated carbocycles. The largest absolute Gasteiger partial charge is 0.469 e. The zero-order valence-corrected chi connectivity index (χ0v) is 11.8. The number of hydrogen-bond acceptors (Lipinski definition) is 3. The molecule has 0 aromatic heterocycles. The van der Waals surface area contributed by atoms with E-state index in [0.29, 0.717) is 0 Å². The first-order chi connectivity index (χ1) is 8.10. The smallest absolute Gasteiger partial charge is 0.311 e. The molecule has 5 heteroatoms. The van der Waals surface area contributed by atoms with Crippen LogP contribution in [0, 0.1) is 5.92 Å². The summed E-state index contributed by atoms with van der Waals surface area (Å²) in [5.74, 6) is -0.0997. The van der Waals surface area contributed by atoms with Crippen LogP contribution in [0.1, 0.15) is 5.56 Å². The molecule has 1 heterocycles. The molecular formula is C12H13BrClNO2. The molecule has 1 aromatic rings. The molecule has 0 spiro atoms. The molecule has 0 atom stereocenters. The number of benzene rings is 1. The molecule has 1 aliphatic rings. The second-order valence-corrected chi connectivity index (χ2v) is 5.47. The van der Waals surface area contributed by atoms with Gasteiger partial charge >= 0.3 is 5.97 Å². The van der Waals surface area contributed by atoms with E-state index in [1.807, 2.05) is 18.2 Å². The van der Waals surface area contributed by atoms with Gasteiger partial charge in [0.15, 0.2) is 0 Å². The van der Waals surface area contributed by atoms with Crippen LogP contribution in [0.25, 0.3) is 0 Å². The number of rotatable bonds is 3. The summed E-state index contributed by atoms with van der Waals surface area (Å²) in [4.78, 5) is 13.4. The minimum atomic E-state index is -0.122. The first-order valence-corrected chi connectivity index (χ1v) is 6.51. The number of carbonyl (C=O) groups is 1. The van der Waals surface area contributed by atoms with Gasteiger partial charge < -0.3 is 4.74 Å². The van der Waals surface area contributed by atoms with Crippen molar-refractivity contribution in [3.05, 3.63) is 33.3 Å². The Labute approximate surface area is 114 Å². The Morgan fingerprint density at radius 2 is 2.29 bits per heavy atom. The molecule has 0 radical (unpaired) electrons. The number of carbonyl (C=O) groups excluding carboxylic acids is 1. The third kappa shape index (κ3) is 3.00. The number of esters is 1. The van der Waals surface area contributed by atoms with E-state index in [0.717, 1.165) is 34.7 Å². The van der Waals surface area contributed by atoms with Crippen LogP contribution in [0.15, 0.2) is 22.7 Å². The van der Waals surface area contributed by atoms with E-state index in [4.69, 9.17) is 16.3 Å². The summed E-state index contributed by atoms with van der Waals surface area (Å²) in [6.45, 7) is 2.28. The fourth-order valence-corrected chi connectivity index (χ4v) is 2.64. The molecule has 1 saturated heterocycles. The number of ether oxygens (including phenoxy) is 1. The van der Waals surface area contributed by atoms with Gasteiger partial charge in [-0.3, -0.25) is 9.69 Å². The van der Waals surface area contributed by atoms with Crippen LogP contribution in [0.4, 0.5) is 0 Å². The molecule has 2 rings (SSSR count). The lowest BCUT2D eigenvalue weighted by Crippen LogP contribution is -2.50. The number of methoxy groups -OCH3 is 1. The molecule has 0 unspecified atom stereocenters. The van der Waals surface area contributed by atoms with Crippen LogP contribution in [0.2, 0.25) is 5.02 Å². The Morgan fingerprint density at radius 3 is 2.88 bits per heavy atom. The molecular weight excluding hydrogens is 305 g/mol. The topological polar surface area (TPSA) is 29.5 Å². The summed E-state index contributed by atoms with van der Waals surface area (Å²) in [6, 6.07) is 5.85. The van der Waals surface area contributed by atoms with Crippen molar-refractivity contribution in [3.8, 4) is 0 Å². The van der Waals surface area contributed by atoms with Gasteiger partial charge in [0.2, 0.25) is 0 Å². The van der Waals surface area contributed by atoms with E-state index >= 15 is 0 Å². The highest BCUT2D eigenvalue weighted by atomic mass is 79.9. The molecule has 0 amide bonds. The summed E-state index contributed by atoms with van der Waals surface area (Å²) in [5, 5.41) is 0.751. The fraction of sp³-hybridized carbons (Fsp3) is 0.417. The predicted octanol–water partition coefficient (Wildman–Crippen LogP) is 2.71. The maximum atomic E-state index is 11.2. The molecule has 0 aliphatic carbocycles. The van der Waals surface area contributed by atoms with Crippen LogP contribution >= 0.6 is 27.5 Å². The average molecular weight is 319 g/mol. The lowest BCUT2D eigenvalue weighted by Gasteiger charge is -2.37. The van der Waals surface area contributed by atoms with Crippen molar-refractivity contribution in [2.24, 2.45) is 5.92 Å². The monoisotopic (exact) mass is 317 g/mol. The molecule has 92 valence electrons. The van der Waals surface area contributed by atoms with Crippen molar-refractivity contribution < 1.29 is 9.53 Å². The van der Waals surface area contributed by atoms with Crippen molar-refractivity contribution in [2.45, 2.75) is 6.54 Å². The van der Waals surface area contributed by atoms with Crippen molar-refractivity contribution in [2.75, 3.05) is 20.2 Å². The van der Waals surface area contributed by atoms with Crippen molar-refractivity contribution in [1.29, 1.82) is 0 Å². The normalized spacial score (nSPS) is 16.6. The summed E-state index contributed by atoms with van der Waals surface area (Å²) >= 11 is 9.50. The Kier molecular flexibility index (Phi) is 4.07. The van der Waals surface area contributed by atoms with Crippen LogP contribution in [0.3, 0.4) is 0 Å². The van der Waals surface area contributed by atoms with Gasteiger partial charge in [0, 0.05) is 29.1 Å². The van der Waals surface area contributed by atoms with Gasteiger partial charge in [0.25, 0.3) is 0 Å². The third-order valence-electron chi connectivity index (χ3n) is 2.90. The molecule has 0 N–H and O–H groups in total. The van der Waals surface area contributed by atoms with E-state index in [-0.39, 0.29) is 11.9 Å². The maximum Gasteiger partial charge on any atom is 0.311 e. The van der Waals surface area contributed by atoms with E-state index in [2.05, 4.69) is 20.8 Å². The molecule has 17 heavy (non-hydrogen) atoms. The van der Waals surface area contributed by atoms with Crippen molar-refractivity contribution in [3.63, 3.8) is 0 Å². The summed E-state index contributed by atoms with van der Waals surface area (Å²) in [6.07, 6.45) is 0. The number of nitrogens with zero attached hydrogens (tertiary/aromatic N) is 1. The van der Waals surface area contributed by atoms with Gasteiger partial charge in [-0.05, 0) is 17.7 Å². The van der Waals surface area contributed by atoms with Crippen LogP contribution in [-0.4, -0.2) is 31.1 Å². The van der Waals surface area contributed by atoms with Gasteiger partial charge in [-0.1, -0.05) is 33.6 Å². The van der Waals surface area contributed by atoms with Crippen LogP contribution < -0.4 is 0 Å². The number of likely N-dealkylation sites (tertiary alicyclic amines) is 1. The highest BCUT2D eigenvalue weighted by Gasteiger charge is 2.33. The first-order valence-electron chi connectivity index (χ1n) is 5.34. The first kappa shape index (κ1) is 12.9. The Bertz CT molecular complexity index is 433. The van der Waals surface area contributed by atoms with Gasteiger partial charge in [-0.2, -0.15) is 0 Å². The van der Waals surface area contributed by atoms with E-state index in [1.165, 1.54) is 7.11 Å². The number of hydrogen-bond donors (Lipinski definition) is 0. The third-order valence-corrected chi connectivity index (χ3v) is 3.75. The highest BCUT2D eigenvalue weighted by molar-refractivity contribution is 9.10. The second-order valence-electron chi connectivity index (χ2n) is 4.15. The van der Waals surface area contributed by atoms with Gasteiger partial charge in [-0.15, -0.1) is 0 Å². The second kappa shape index (κ2) is 5.38. The highest BCUT2D eigenvalue weighted by Crippen LogP contribution is 2.25. The van der Waals surface area contributed by atoms with E-state index < -0.39 is 0 Å². The average Bonchev–Trinajstić information content (AvgIpc) is 2.24. The maximum absolute atomic E-state index is 11.2. The Morgan fingerprint density at radius 1 is 1.59 bits per heavy atom. The summed E-state index contributed by atoms with van der Waals surface area (Å²) in [5.41, 5.74) is 1.08. The molecule has 1 aliphatic heterocycles. The molecule has 3 nitrogen and oxygen atoms in total. The Hall–Kier alpha value is -0.580. The zero-order chi connectivity index (χ0) is 12.4. The molecule has 0 bridgehead atoms. The van der Waals surface area contributed by atoms with E-state index in [9.17, 15) is 4.79 Å². The van der Waals surface area contributed by atoms with E-state index in [1.54, 1.807) is 0 Å². The fourth-order valence-electron chi connectivity index (χ4n) is 1.91. The lowest BCUT2D eigenvalue weighted by molar-refractivity contribution is -0.151. The summed E-state index contributed by atoms with van der Waals surface area (Å²) < 4.78 is 5.67. The molecule has 1 fully saturated rings. The van der Waals surface area contributed by atoms with Gasteiger partial charge in [-0.25, -0.2) is 0 Å². The summed E-state index contributed by atoms with van der Waals surface area (Å²) in [7, 11) is 1.43. The number of halogens is 2. The predicted molar refractivity (Wildman–Crippen MR) is 69.9 cm³/mol. The standard InChI is InChI=1S/C12H13BrClNO2/c1-17-12(16)9-6-15(7-9)5-8-2-3-10(13)4-11(8)14/h2-4,9H,5-7H2,1H3. The van der Waals surface area contributed by atoms with Crippen LogP contribution in [-0.2, 0) is 16.1 Å². The van der Waals surface area contributed by atoms with Gasteiger partial charge in [0.05, 0.1) is 13.0 Å². The SMILES string of the molecule is COC(=O)C1CN(Cc2ccc(Br)cc2Cl)C1. The Balaban J connectivity index is 1.90. The minimum Gasteiger partial charge on any atom is -0.469 e. The van der Waals surface area contributed by atoms with Crippen molar-refractivity contribution >= 4 is 33.5 Å². The lowest BCUT2D eigenvalue weighted by atomic mass is 9.99. The quantitative estimate of drug-likeness (QED) is 0.803. The minimum absolute atomic E-state index is 0.0224. The van der Waals surface area contributed by atoms with Crippen LogP contribution in [0.5, 0.6) is 0 Å². The molecule has 1 aromatic carbocycles.